The predicted octanol–water partition coefficient (Wildman–Crippen LogP) is -0.0477. The number of nitrogens with two attached hydrogens (primary N) is 1. The zero-order chi connectivity index (χ0) is 14.3. The number of hydrogen-bond donors (Lipinski definition) is 2. The van der Waals surface area contributed by atoms with Crippen LogP contribution in [0.5, 0.6) is 0 Å². The highest BCUT2D eigenvalue weighted by molar-refractivity contribution is 5.27. The number of aromatic amines is 1. The predicted molar refractivity (Wildman–Crippen MR) is 75.0 cm³/mol. The van der Waals surface area contributed by atoms with Crippen molar-refractivity contribution in [3.63, 3.8) is 0 Å². The second-order valence-electron chi connectivity index (χ2n) is 5.19. The summed E-state index contributed by atoms with van der Waals surface area (Å²) in [5.74, 6) is 1.19. The first-order valence-electron chi connectivity index (χ1n) is 6.61. The standard InChI is InChI=1S/C13H18N6O/c1-8-15-5-9(18(8)2)6-19-4-3-11-10(7-19)12(20)17-13(14)16-11/h5H,3-4,6-7H2,1-2H3,(H3,14,16,17,20). The van der Waals surface area contributed by atoms with Crippen molar-refractivity contribution in [2.24, 2.45) is 7.05 Å². The van der Waals surface area contributed by atoms with Crippen LogP contribution in [0.1, 0.15) is 22.8 Å². The van der Waals surface area contributed by atoms with Crippen LogP contribution in [-0.4, -0.2) is 31.0 Å². The molecule has 0 saturated carbocycles. The highest BCUT2D eigenvalue weighted by atomic mass is 16.1. The second kappa shape index (κ2) is 4.75. The molecule has 0 spiro atoms. The number of fused-ring (bicyclic) bond motifs is 1. The van der Waals surface area contributed by atoms with Crippen LogP contribution in [0.25, 0.3) is 0 Å². The maximum Gasteiger partial charge on any atom is 0.257 e. The summed E-state index contributed by atoms with van der Waals surface area (Å²) in [4.78, 5) is 25.2. The van der Waals surface area contributed by atoms with Crippen molar-refractivity contribution in [1.82, 2.24) is 24.4 Å². The van der Waals surface area contributed by atoms with Crippen LogP contribution in [0.15, 0.2) is 11.0 Å². The Hall–Kier alpha value is -2.15. The van der Waals surface area contributed by atoms with E-state index in [9.17, 15) is 4.79 Å². The molecular formula is C13H18N6O. The quantitative estimate of drug-likeness (QED) is 0.801. The number of nitrogen functional groups attached to an aromatic ring is 1. The number of nitrogens with zero attached hydrogens (tertiary/aromatic N) is 4. The van der Waals surface area contributed by atoms with E-state index in [1.165, 1.54) is 0 Å². The van der Waals surface area contributed by atoms with Crippen LogP contribution in [0.3, 0.4) is 0 Å². The zero-order valence-corrected chi connectivity index (χ0v) is 11.7. The number of nitrogens with one attached hydrogen (secondary N) is 1. The maximum atomic E-state index is 11.9. The van der Waals surface area contributed by atoms with E-state index in [-0.39, 0.29) is 11.5 Å². The van der Waals surface area contributed by atoms with Crippen molar-refractivity contribution in [2.45, 2.75) is 26.4 Å². The molecule has 0 aliphatic carbocycles. The van der Waals surface area contributed by atoms with E-state index in [2.05, 4.69) is 24.4 Å². The molecule has 3 N–H and O–H groups in total. The molecule has 3 rings (SSSR count). The van der Waals surface area contributed by atoms with Crippen molar-refractivity contribution in [3.8, 4) is 0 Å². The summed E-state index contributed by atoms with van der Waals surface area (Å²) in [5, 5.41) is 0. The molecular weight excluding hydrogens is 256 g/mol. The van der Waals surface area contributed by atoms with Crippen LogP contribution in [0, 0.1) is 6.92 Å². The Balaban J connectivity index is 1.82. The summed E-state index contributed by atoms with van der Waals surface area (Å²) in [5.41, 5.74) is 8.14. The summed E-state index contributed by atoms with van der Waals surface area (Å²) in [6, 6.07) is 0. The van der Waals surface area contributed by atoms with Crippen LogP contribution < -0.4 is 11.3 Å². The third kappa shape index (κ3) is 2.20. The molecule has 0 fully saturated rings. The number of aromatic nitrogens is 4. The maximum absolute atomic E-state index is 11.9. The second-order valence-corrected chi connectivity index (χ2v) is 5.19. The van der Waals surface area contributed by atoms with Gasteiger partial charge in [-0.2, -0.15) is 0 Å². The fraction of sp³-hybridized carbons (Fsp3) is 0.462. The van der Waals surface area contributed by atoms with Gasteiger partial charge in [-0.1, -0.05) is 0 Å². The zero-order valence-electron chi connectivity index (χ0n) is 11.7. The lowest BCUT2D eigenvalue weighted by molar-refractivity contribution is 0.236. The molecule has 20 heavy (non-hydrogen) atoms. The number of H-pyrrole nitrogens is 1. The number of hydrogen-bond acceptors (Lipinski definition) is 5. The van der Waals surface area contributed by atoms with Gasteiger partial charge in [-0.05, 0) is 6.92 Å². The van der Waals surface area contributed by atoms with Crippen molar-refractivity contribution >= 4 is 5.95 Å². The minimum Gasteiger partial charge on any atom is -0.369 e. The average molecular weight is 274 g/mol. The molecule has 7 heteroatoms. The Bertz CT molecular complexity index is 701. The summed E-state index contributed by atoms with van der Waals surface area (Å²) in [6.45, 7) is 4.22. The van der Waals surface area contributed by atoms with Gasteiger partial charge in [0.05, 0.1) is 17.0 Å². The number of anilines is 1. The molecule has 106 valence electrons. The third-order valence-electron chi connectivity index (χ3n) is 3.87. The smallest absolute Gasteiger partial charge is 0.257 e. The van der Waals surface area contributed by atoms with Crippen molar-refractivity contribution < 1.29 is 0 Å². The first-order chi connectivity index (χ1) is 9.54. The molecule has 0 aromatic carbocycles. The highest BCUT2D eigenvalue weighted by Crippen LogP contribution is 2.16. The molecule has 0 bridgehead atoms. The van der Waals surface area contributed by atoms with Gasteiger partial charge in [-0.3, -0.25) is 14.7 Å². The van der Waals surface area contributed by atoms with Crippen LogP contribution in [0.4, 0.5) is 5.95 Å². The van der Waals surface area contributed by atoms with E-state index in [4.69, 9.17) is 5.73 Å². The molecule has 7 nitrogen and oxygen atoms in total. The van der Waals surface area contributed by atoms with Gasteiger partial charge in [0.25, 0.3) is 5.56 Å². The van der Waals surface area contributed by atoms with Gasteiger partial charge in [0.15, 0.2) is 0 Å². The third-order valence-corrected chi connectivity index (χ3v) is 3.87. The van der Waals surface area contributed by atoms with Gasteiger partial charge in [0.2, 0.25) is 5.95 Å². The lowest BCUT2D eigenvalue weighted by atomic mass is 10.1. The summed E-state index contributed by atoms with van der Waals surface area (Å²) < 4.78 is 2.07. The van der Waals surface area contributed by atoms with E-state index in [0.29, 0.717) is 6.54 Å². The highest BCUT2D eigenvalue weighted by Gasteiger charge is 2.21. The Labute approximate surface area is 116 Å². The Kier molecular flexibility index (Phi) is 3.06. The largest absolute Gasteiger partial charge is 0.369 e. The van der Waals surface area contributed by atoms with Gasteiger partial charge in [0, 0.05) is 39.3 Å². The molecule has 0 unspecified atom stereocenters. The van der Waals surface area contributed by atoms with Gasteiger partial charge in [0.1, 0.15) is 5.82 Å². The van der Waals surface area contributed by atoms with Gasteiger partial charge in [-0.15, -0.1) is 0 Å². The topological polar surface area (TPSA) is 92.8 Å². The van der Waals surface area contributed by atoms with E-state index in [1.54, 1.807) is 0 Å². The van der Waals surface area contributed by atoms with Crippen molar-refractivity contribution in [1.29, 1.82) is 0 Å². The molecule has 2 aromatic rings. The van der Waals surface area contributed by atoms with Gasteiger partial charge < -0.3 is 10.3 Å². The first-order valence-corrected chi connectivity index (χ1v) is 6.61. The molecule has 0 saturated heterocycles. The van der Waals surface area contributed by atoms with Gasteiger partial charge in [-0.25, -0.2) is 9.97 Å². The summed E-state index contributed by atoms with van der Waals surface area (Å²) >= 11 is 0. The first kappa shape index (κ1) is 12.9. The molecule has 0 radical (unpaired) electrons. The summed E-state index contributed by atoms with van der Waals surface area (Å²) in [6.07, 6.45) is 2.64. The molecule has 0 atom stereocenters. The molecule has 3 heterocycles. The molecule has 0 amide bonds. The van der Waals surface area contributed by atoms with E-state index in [1.807, 2.05) is 20.2 Å². The van der Waals surface area contributed by atoms with Crippen LogP contribution >= 0.6 is 0 Å². The molecule has 1 aliphatic rings. The number of imidazole rings is 1. The minimum absolute atomic E-state index is 0.126. The Morgan fingerprint density at radius 2 is 2.30 bits per heavy atom. The normalized spacial score (nSPS) is 15.3. The SMILES string of the molecule is Cc1ncc(CN2CCc3nc(N)[nH]c(=O)c3C2)n1C. The summed E-state index contributed by atoms with van der Waals surface area (Å²) in [7, 11) is 2.00. The lowest BCUT2D eigenvalue weighted by Gasteiger charge is -2.27. The van der Waals surface area contributed by atoms with E-state index in [0.717, 1.165) is 42.3 Å². The van der Waals surface area contributed by atoms with Gasteiger partial charge >= 0.3 is 0 Å². The molecule has 2 aromatic heterocycles. The average Bonchev–Trinajstić information content (AvgIpc) is 2.71. The monoisotopic (exact) mass is 274 g/mol. The lowest BCUT2D eigenvalue weighted by Crippen LogP contribution is -2.36. The van der Waals surface area contributed by atoms with E-state index >= 15 is 0 Å². The minimum atomic E-state index is -0.126. The number of aryl methyl sites for hydroxylation is 1. The fourth-order valence-electron chi connectivity index (χ4n) is 2.56. The number of rotatable bonds is 2. The van der Waals surface area contributed by atoms with Crippen molar-refractivity contribution in [3.05, 3.63) is 39.3 Å². The Morgan fingerprint density at radius 1 is 1.50 bits per heavy atom. The molecule has 1 aliphatic heterocycles. The van der Waals surface area contributed by atoms with Crippen LogP contribution in [0.2, 0.25) is 0 Å². The van der Waals surface area contributed by atoms with E-state index < -0.39 is 0 Å². The van der Waals surface area contributed by atoms with Crippen LogP contribution in [-0.2, 0) is 26.6 Å². The Morgan fingerprint density at radius 3 is 3.00 bits per heavy atom. The van der Waals surface area contributed by atoms with Crippen molar-refractivity contribution in [2.75, 3.05) is 12.3 Å². The fourth-order valence-corrected chi connectivity index (χ4v) is 2.56.